The highest BCUT2D eigenvalue weighted by atomic mass is 35.5. The lowest BCUT2D eigenvalue weighted by Gasteiger charge is -2.20. The highest BCUT2D eigenvalue weighted by Gasteiger charge is 2.17. The number of esters is 1. The van der Waals surface area contributed by atoms with Crippen LogP contribution >= 0.6 is 23.2 Å². The molecule has 0 N–H and O–H groups in total. The molecule has 2 aromatic carbocycles. The van der Waals surface area contributed by atoms with Gasteiger partial charge < -0.3 is 18.7 Å². The Hall–Kier alpha value is -2.77. The molecule has 29 heavy (non-hydrogen) atoms. The van der Waals surface area contributed by atoms with Gasteiger partial charge in [-0.1, -0.05) is 28.4 Å². The summed E-state index contributed by atoms with van der Waals surface area (Å²) in [5, 5.41) is 4.97. The third-order valence-corrected chi connectivity index (χ3v) is 4.70. The Balaban J connectivity index is 1.30. The average molecular weight is 435 g/mol. The predicted molar refractivity (Wildman–Crippen MR) is 105 cm³/mol. The first-order chi connectivity index (χ1) is 14.1. The monoisotopic (exact) mass is 434 g/mol. The molecule has 0 saturated carbocycles. The van der Waals surface area contributed by atoms with Crippen molar-refractivity contribution in [3.8, 4) is 22.9 Å². The van der Waals surface area contributed by atoms with E-state index in [0.717, 1.165) is 11.1 Å². The van der Waals surface area contributed by atoms with Crippen molar-refractivity contribution < 1.29 is 23.5 Å². The molecule has 1 aromatic heterocycles. The Morgan fingerprint density at radius 3 is 2.72 bits per heavy atom. The summed E-state index contributed by atoms with van der Waals surface area (Å²) < 4.78 is 21.5. The fourth-order valence-electron chi connectivity index (χ4n) is 2.77. The van der Waals surface area contributed by atoms with E-state index >= 15 is 0 Å². The van der Waals surface area contributed by atoms with Crippen molar-refractivity contribution in [3.63, 3.8) is 0 Å². The van der Waals surface area contributed by atoms with Crippen molar-refractivity contribution in [2.75, 3.05) is 13.2 Å². The highest BCUT2D eigenvalue weighted by molar-refractivity contribution is 6.32. The summed E-state index contributed by atoms with van der Waals surface area (Å²) >= 11 is 12.1. The first-order valence-electron chi connectivity index (χ1n) is 8.90. The van der Waals surface area contributed by atoms with Crippen LogP contribution in [0.25, 0.3) is 11.4 Å². The number of fused-ring (bicyclic) bond motifs is 1. The zero-order chi connectivity index (χ0) is 20.2. The third kappa shape index (κ3) is 4.81. The first-order valence-corrected chi connectivity index (χ1v) is 9.66. The van der Waals surface area contributed by atoms with Crippen molar-refractivity contribution in [3.05, 3.63) is 57.9 Å². The van der Waals surface area contributed by atoms with Gasteiger partial charge in [0.25, 0.3) is 0 Å². The van der Waals surface area contributed by atoms with Crippen LogP contribution in [0.1, 0.15) is 17.9 Å². The minimum Gasteiger partial charge on any atom is -0.486 e. The summed E-state index contributed by atoms with van der Waals surface area (Å²) in [5.74, 6) is 1.48. The first kappa shape index (κ1) is 19.5. The van der Waals surface area contributed by atoms with Crippen LogP contribution in [-0.4, -0.2) is 29.3 Å². The van der Waals surface area contributed by atoms with Crippen molar-refractivity contribution in [1.82, 2.24) is 10.1 Å². The maximum atomic E-state index is 12.1. The molecule has 0 aliphatic carbocycles. The number of halogens is 2. The van der Waals surface area contributed by atoms with E-state index in [-0.39, 0.29) is 25.4 Å². The van der Waals surface area contributed by atoms with Gasteiger partial charge in [0.05, 0.1) is 11.4 Å². The van der Waals surface area contributed by atoms with Crippen molar-refractivity contribution in [2.24, 2.45) is 0 Å². The summed E-state index contributed by atoms with van der Waals surface area (Å²) in [6, 6.07) is 10.5. The van der Waals surface area contributed by atoms with Gasteiger partial charge in [-0.3, -0.25) is 4.79 Å². The number of aryl methyl sites for hydroxylation is 1. The summed E-state index contributed by atoms with van der Waals surface area (Å²) in [6.45, 7) is 0.986. The van der Waals surface area contributed by atoms with Crippen LogP contribution < -0.4 is 9.47 Å². The Kier molecular flexibility index (Phi) is 5.87. The summed E-state index contributed by atoms with van der Waals surface area (Å²) in [6.07, 6.45) is 0.391. The molecule has 4 rings (SSSR count). The van der Waals surface area contributed by atoms with Gasteiger partial charge in [-0.15, -0.1) is 0 Å². The molecule has 0 fully saturated rings. The second-order valence-corrected chi connectivity index (χ2v) is 7.12. The number of nitrogens with zero attached hydrogens (tertiary/aromatic N) is 2. The molecule has 0 atom stereocenters. The second-order valence-electron chi connectivity index (χ2n) is 6.28. The molecule has 0 radical (unpaired) electrons. The zero-order valence-electron chi connectivity index (χ0n) is 15.2. The predicted octanol–water partition coefficient (Wildman–Crippen LogP) is 4.49. The molecule has 2 heterocycles. The Labute approximate surface area is 176 Å². The molecular formula is C20H16Cl2N2O5. The lowest BCUT2D eigenvalue weighted by molar-refractivity contribution is -0.145. The van der Waals surface area contributed by atoms with E-state index in [1.807, 2.05) is 0 Å². The number of aromatic nitrogens is 2. The molecule has 1 aliphatic rings. The SMILES string of the molecule is O=C(CCc1nc(-c2ccc(Cl)cc2)no1)OCc1cc(Cl)c2c(c1)OCCO2. The van der Waals surface area contributed by atoms with Crippen LogP contribution in [-0.2, 0) is 22.6 Å². The normalized spacial score (nSPS) is 12.6. The van der Waals surface area contributed by atoms with E-state index < -0.39 is 0 Å². The lowest BCUT2D eigenvalue weighted by atomic mass is 10.2. The van der Waals surface area contributed by atoms with Crippen molar-refractivity contribution in [2.45, 2.75) is 19.4 Å². The van der Waals surface area contributed by atoms with E-state index in [1.165, 1.54) is 0 Å². The molecular weight excluding hydrogens is 419 g/mol. The molecule has 0 unspecified atom stereocenters. The second kappa shape index (κ2) is 8.71. The van der Waals surface area contributed by atoms with E-state index in [9.17, 15) is 4.79 Å². The van der Waals surface area contributed by atoms with Gasteiger partial charge in [-0.05, 0) is 42.0 Å². The minimum absolute atomic E-state index is 0.0784. The molecule has 0 saturated heterocycles. The molecule has 0 spiro atoms. The Morgan fingerprint density at radius 1 is 1.10 bits per heavy atom. The van der Waals surface area contributed by atoms with Gasteiger partial charge in [0.15, 0.2) is 11.5 Å². The van der Waals surface area contributed by atoms with Crippen LogP contribution in [0.3, 0.4) is 0 Å². The fourth-order valence-corrected chi connectivity index (χ4v) is 3.18. The average Bonchev–Trinajstić information content (AvgIpc) is 3.20. The maximum Gasteiger partial charge on any atom is 0.306 e. The maximum absolute atomic E-state index is 12.1. The van der Waals surface area contributed by atoms with E-state index in [2.05, 4.69) is 10.1 Å². The van der Waals surface area contributed by atoms with Gasteiger partial charge in [0.2, 0.25) is 11.7 Å². The number of carbonyl (C=O) groups is 1. The summed E-state index contributed by atoms with van der Waals surface area (Å²) in [5.41, 5.74) is 1.50. The molecule has 3 aromatic rings. The number of carbonyl (C=O) groups excluding carboxylic acids is 1. The van der Waals surface area contributed by atoms with Gasteiger partial charge in [0.1, 0.15) is 19.8 Å². The van der Waals surface area contributed by atoms with Gasteiger partial charge in [0, 0.05) is 17.0 Å². The molecule has 1 aliphatic heterocycles. The van der Waals surface area contributed by atoms with Gasteiger partial charge in [-0.2, -0.15) is 4.98 Å². The van der Waals surface area contributed by atoms with E-state index in [0.29, 0.717) is 46.5 Å². The highest BCUT2D eigenvalue weighted by Crippen LogP contribution is 2.38. The number of benzene rings is 2. The van der Waals surface area contributed by atoms with Crippen LogP contribution in [0.15, 0.2) is 40.9 Å². The number of hydrogen-bond donors (Lipinski definition) is 0. The van der Waals surface area contributed by atoms with Crippen LogP contribution in [0.2, 0.25) is 10.0 Å². The molecule has 150 valence electrons. The quantitative estimate of drug-likeness (QED) is 0.528. The molecule has 9 heteroatoms. The summed E-state index contributed by atoms with van der Waals surface area (Å²) in [7, 11) is 0. The van der Waals surface area contributed by atoms with E-state index in [4.69, 9.17) is 41.9 Å². The smallest absolute Gasteiger partial charge is 0.306 e. The number of hydrogen-bond acceptors (Lipinski definition) is 7. The topological polar surface area (TPSA) is 83.7 Å². The molecule has 0 bridgehead atoms. The Morgan fingerprint density at radius 2 is 1.90 bits per heavy atom. The molecule has 7 nitrogen and oxygen atoms in total. The van der Waals surface area contributed by atoms with Gasteiger partial charge >= 0.3 is 5.97 Å². The van der Waals surface area contributed by atoms with Crippen LogP contribution in [0.4, 0.5) is 0 Å². The fraction of sp³-hybridized carbons (Fsp3) is 0.250. The molecule has 0 amide bonds. The summed E-state index contributed by atoms with van der Waals surface area (Å²) in [4.78, 5) is 16.3. The van der Waals surface area contributed by atoms with Crippen molar-refractivity contribution in [1.29, 1.82) is 0 Å². The third-order valence-electron chi connectivity index (χ3n) is 4.17. The largest absolute Gasteiger partial charge is 0.486 e. The Bertz CT molecular complexity index is 1020. The lowest BCUT2D eigenvalue weighted by Crippen LogP contribution is -2.16. The van der Waals surface area contributed by atoms with Crippen LogP contribution in [0, 0.1) is 0 Å². The van der Waals surface area contributed by atoms with E-state index in [1.54, 1.807) is 36.4 Å². The van der Waals surface area contributed by atoms with Crippen molar-refractivity contribution >= 4 is 29.2 Å². The number of ether oxygens (including phenoxy) is 3. The zero-order valence-corrected chi connectivity index (χ0v) is 16.7. The number of rotatable bonds is 6. The minimum atomic E-state index is -0.387. The van der Waals surface area contributed by atoms with Gasteiger partial charge in [-0.25, -0.2) is 0 Å². The standard InChI is InChI=1S/C20H16Cl2N2O5/c21-14-3-1-13(2-4-14)20-23-17(29-24-20)5-6-18(25)28-11-12-9-15(22)19-16(10-12)26-7-8-27-19/h1-4,9-10H,5-8,11H2. The van der Waals surface area contributed by atoms with Crippen LogP contribution in [0.5, 0.6) is 11.5 Å².